The summed E-state index contributed by atoms with van der Waals surface area (Å²) in [6.45, 7) is 4.19. The summed E-state index contributed by atoms with van der Waals surface area (Å²) in [6.07, 6.45) is 1.07. The molecule has 0 spiro atoms. The molecule has 15 heavy (non-hydrogen) atoms. The number of hydrogen-bond acceptors (Lipinski definition) is 5. The van der Waals surface area contributed by atoms with E-state index in [2.05, 4.69) is 4.98 Å². The number of nitrogens with zero attached hydrogens (tertiary/aromatic N) is 4. The predicted octanol–water partition coefficient (Wildman–Crippen LogP) is 1.07. The molecule has 0 amide bonds. The molecule has 1 aromatic heterocycles. The third kappa shape index (κ3) is 1.78. The van der Waals surface area contributed by atoms with E-state index in [9.17, 15) is 20.2 Å². The van der Waals surface area contributed by atoms with Gasteiger partial charge in [-0.25, -0.2) is 4.57 Å². The minimum atomic E-state index is -1.44. The van der Waals surface area contributed by atoms with Crippen molar-refractivity contribution in [2.24, 2.45) is 0 Å². The molecule has 0 bridgehead atoms. The molecule has 8 heteroatoms. The van der Waals surface area contributed by atoms with Crippen LogP contribution in [0.15, 0.2) is 6.20 Å². The summed E-state index contributed by atoms with van der Waals surface area (Å²) in [5, 5.41) is 21.2. The van der Waals surface area contributed by atoms with Gasteiger partial charge in [0.05, 0.1) is 0 Å². The summed E-state index contributed by atoms with van der Waals surface area (Å²) >= 11 is 0. The fourth-order valence-corrected chi connectivity index (χ4v) is 1.19. The van der Waals surface area contributed by atoms with Crippen LogP contribution in [0.1, 0.15) is 19.7 Å². The highest BCUT2D eigenvalue weighted by Gasteiger charge is 2.37. The number of hydrogen-bond donors (Lipinski definition) is 0. The molecule has 8 nitrogen and oxygen atoms in total. The van der Waals surface area contributed by atoms with E-state index in [1.807, 2.05) is 0 Å². The van der Waals surface area contributed by atoms with E-state index in [1.54, 1.807) is 0 Å². The van der Waals surface area contributed by atoms with Crippen molar-refractivity contribution in [2.75, 3.05) is 0 Å². The summed E-state index contributed by atoms with van der Waals surface area (Å²) < 4.78 is 1.17. The summed E-state index contributed by atoms with van der Waals surface area (Å²) in [6, 6.07) is 0. The monoisotopic (exact) mass is 214 g/mol. The lowest BCUT2D eigenvalue weighted by Gasteiger charge is -2.16. The Balaban J connectivity index is 3.27. The second-order valence-electron chi connectivity index (χ2n) is 3.52. The van der Waals surface area contributed by atoms with Gasteiger partial charge >= 0.3 is 5.82 Å². The van der Waals surface area contributed by atoms with E-state index in [1.165, 1.54) is 25.3 Å². The molecule has 0 saturated carbocycles. The Bertz CT molecular complexity index is 423. The van der Waals surface area contributed by atoms with Crippen molar-refractivity contribution in [3.63, 3.8) is 0 Å². The van der Waals surface area contributed by atoms with Gasteiger partial charge < -0.3 is 10.1 Å². The highest BCUT2D eigenvalue weighted by molar-refractivity contribution is 5.17. The summed E-state index contributed by atoms with van der Waals surface area (Å²) in [7, 11) is 0. The molecule has 0 atom stereocenters. The van der Waals surface area contributed by atoms with Crippen LogP contribution in [0.3, 0.4) is 0 Å². The highest BCUT2D eigenvalue weighted by atomic mass is 16.6. The lowest BCUT2D eigenvalue weighted by atomic mass is 10.2. The SMILES string of the molecule is Cc1nc([N+](=O)[O-])cn1C(C)(C)[N+](=O)[O-]. The maximum absolute atomic E-state index is 10.7. The Hall–Kier alpha value is -1.99. The maximum Gasteiger partial charge on any atom is 0.382 e. The average molecular weight is 214 g/mol. The van der Waals surface area contributed by atoms with E-state index >= 15 is 0 Å². The lowest BCUT2D eigenvalue weighted by molar-refractivity contribution is -0.591. The van der Waals surface area contributed by atoms with Crippen LogP contribution < -0.4 is 0 Å². The van der Waals surface area contributed by atoms with Crippen molar-refractivity contribution >= 4 is 5.82 Å². The van der Waals surface area contributed by atoms with Crippen LogP contribution in [0.5, 0.6) is 0 Å². The molecule has 82 valence electrons. The smallest absolute Gasteiger partial charge is 0.358 e. The van der Waals surface area contributed by atoms with Crippen molar-refractivity contribution in [3.8, 4) is 0 Å². The van der Waals surface area contributed by atoms with Crippen LogP contribution in [0, 0.1) is 27.2 Å². The molecular formula is C7H10N4O4. The summed E-state index contributed by atoms with van der Waals surface area (Å²) in [5.41, 5.74) is -1.44. The molecule has 0 fully saturated rings. The van der Waals surface area contributed by atoms with Crippen LogP contribution in [-0.2, 0) is 5.66 Å². The topological polar surface area (TPSA) is 104 Å². The summed E-state index contributed by atoms with van der Waals surface area (Å²) in [4.78, 5) is 23.6. The maximum atomic E-state index is 10.7. The molecule has 1 aromatic rings. The largest absolute Gasteiger partial charge is 0.382 e. The van der Waals surface area contributed by atoms with Crippen LogP contribution in [0.4, 0.5) is 5.82 Å². The molecule has 0 radical (unpaired) electrons. The standard InChI is InChI=1S/C7H10N4O4/c1-5-8-6(10(12)13)4-9(5)7(2,3)11(14)15/h4H,1-3H3. The normalized spacial score (nSPS) is 11.4. The first-order valence-corrected chi connectivity index (χ1v) is 4.12. The van der Waals surface area contributed by atoms with Crippen molar-refractivity contribution in [3.05, 3.63) is 32.2 Å². The van der Waals surface area contributed by atoms with Crippen LogP contribution in [-0.4, -0.2) is 19.4 Å². The van der Waals surface area contributed by atoms with Crippen LogP contribution in [0.25, 0.3) is 0 Å². The Morgan fingerprint density at radius 2 is 1.93 bits per heavy atom. The van der Waals surface area contributed by atoms with E-state index in [0.29, 0.717) is 0 Å². The van der Waals surface area contributed by atoms with E-state index in [4.69, 9.17) is 0 Å². The van der Waals surface area contributed by atoms with Gasteiger partial charge in [-0.1, -0.05) is 0 Å². The fourth-order valence-electron chi connectivity index (χ4n) is 1.19. The van der Waals surface area contributed by atoms with Gasteiger partial charge in [-0.2, -0.15) is 0 Å². The molecule has 0 aliphatic carbocycles. The quantitative estimate of drug-likeness (QED) is 0.552. The van der Waals surface area contributed by atoms with E-state index in [0.717, 1.165) is 6.20 Å². The zero-order valence-corrected chi connectivity index (χ0v) is 8.50. The zero-order valence-electron chi connectivity index (χ0n) is 8.50. The zero-order chi connectivity index (χ0) is 11.8. The van der Waals surface area contributed by atoms with Gasteiger partial charge in [-0.3, -0.25) is 10.1 Å². The number of aryl methyl sites for hydroxylation is 1. The first-order valence-electron chi connectivity index (χ1n) is 4.12. The summed E-state index contributed by atoms with van der Waals surface area (Å²) in [5.74, 6) is -0.147. The minimum absolute atomic E-state index is 0.239. The highest BCUT2D eigenvalue weighted by Crippen LogP contribution is 2.21. The number of aromatic nitrogens is 2. The Kier molecular flexibility index (Phi) is 2.44. The second-order valence-corrected chi connectivity index (χ2v) is 3.52. The second kappa shape index (κ2) is 3.30. The molecular weight excluding hydrogens is 204 g/mol. The molecule has 0 aromatic carbocycles. The van der Waals surface area contributed by atoms with Gasteiger partial charge in [-0.15, -0.1) is 0 Å². The van der Waals surface area contributed by atoms with Gasteiger partial charge in [0, 0.05) is 25.7 Å². The molecule has 1 heterocycles. The number of imidazole rings is 1. The van der Waals surface area contributed by atoms with E-state index in [-0.39, 0.29) is 11.6 Å². The Morgan fingerprint density at radius 1 is 1.40 bits per heavy atom. The predicted molar refractivity (Wildman–Crippen MR) is 49.9 cm³/mol. The molecule has 0 aliphatic heterocycles. The van der Waals surface area contributed by atoms with Crippen molar-refractivity contribution < 1.29 is 9.85 Å². The molecule has 0 aliphatic rings. The Labute approximate surface area is 84.8 Å². The molecule has 1 rings (SSSR count). The lowest BCUT2D eigenvalue weighted by Crippen LogP contribution is -2.35. The van der Waals surface area contributed by atoms with Crippen molar-refractivity contribution in [2.45, 2.75) is 26.4 Å². The first-order chi connectivity index (χ1) is 6.76. The number of rotatable bonds is 3. The third-order valence-electron chi connectivity index (χ3n) is 2.09. The van der Waals surface area contributed by atoms with Gasteiger partial charge in [0.25, 0.3) is 5.66 Å². The molecule has 0 N–H and O–H groups in total. The van der Waals surface area contributed by atoms with Gasteiger partial charge in [-0.05, 0) is 9.91 Å². The van der Waals surface area contributed by atoms with Crippen molar-refractivity contribution in [1.29, 1.82) is 0 Å². The third-order valence-corrected chi connectivity index (χ3v) is 2.09. The minimum Gasteiger partial charge on any atom is -0.358 e. The van der Waals surface area contributed by atoms with E-state index < -0.39 is 15.5 Å². The van der Waals surface area contributed by atoms with Gasteiger partial charge in [0.2, 0.25) is 5.82 Å². The van der Waals surface area contributed by atoms with Crippen molar-refractivity contribution in [1.82, 2.24) is 9.55 Å². The average Bonchev–Trinajstić information content (AvgIpc) is 2.47. The Morgan fingerprint density at radius 3 is 2.27 bits per heavy atom. The van der Waals surface area contributed by atoms with Crippen LogP contribution in [0.2, 0.25) is 0 Å². The van der Waals surface area contributed by atoms with Gasteiger partial charge in [0.1, 0.15) is 6.20 Å². The first kappa shape index (κ1) is 11.1. The van der Waals surface area contributed by atoms with Gasteiger partial charge in [0.15, 0.2) is 0 Å². The molecule has 0 unspecified atom stereocenters. The molecule has 0 saturated heterocycles. The van der Waals surface area contributed by atoms with Crippen LogP contribution >= 0.6 is 0 Å². The fraction of sp³-hybridized carbons (Fsp3) is 0.571. The number of nitro groups is 2.